The number of H-pyrrole nitrogens is 1. The summed E-state index contributed by atoms with van der Waals surface area (Å²) in [5, 5.41) is 1.22. The number of aromatic amines is 1. The van der Waals surface area contributed by atoms with Crippen molar-refractivity contribution in [2.24, 2.45) is 0 Å². The molecule has 0 bridgehead atoms. The molecule has 112 valence electrons. The van der Waals surface area contributed by atoms with Gasteiger partial charge in [0.1, 0.15) is 5.69 Å². The number of carbonyl (C=O) groups is 1. The molecule has 4 nitrogen and oxygen atoms in total. The van der Waals surface area contributed by atoms with Crippen LogP contribution in [0.2, 0.25) is 0 Å². The van der Waals surface area contributed by atoms with E-state index in [0.717, 1.165) is 31.4 Å². The van der Waals surface area contributed by atoms with Gasteiger partial charge < -0.3 is 9.88 Å². The van der Waals surface area contributed by atoms with E-state index < -0.39 is 0 Å². The summed E-state index contributed by atoms with van der Waals surface area (Å²) in [6, 6.07) is 12.0. The Kier molecular flexibility index (Phi) is 3.42. The van der Waals surface area contributed by atoms with Crippen molar-refractivity contribution in [1.29, 1.82) is 0 Å². The fraction of sp³-hybridized carbons (Fsp3) is 0.294. The zero-order chi connectivity index (χ0) is 14.9. The molecule has 0 spiro atoms. The number of benzene rings is 1. The van der Waals surface area contributed by atoms with E-state index in [1.807, 2.05) is 23.1 Å². The fourth-order valence-electron chi connectivity index (χ4n) is 3.03. The van der Waals surface area contributed by atoms with Crippen LogP contribution in [-0.4, -0.2) is 33.9 Å². The van der Waals surface area contributed by atoms with Crippen LogP contribution in [0.1, 0.15) is 34.3 Å². The van der Waals surface area contributed by atoms with Crippen LogP contribution < -0.4 is 0 Å². The van der Waals surface area contributed by atoms with E-state index in [2.05, 4.69) is 23.2 Å². The summed E-state index contributed by atoms with van der Waals surface area (Å²) in [7, 11) is 0. The van der Waals surface area contributed by atoms with Crippen LogP contribution in [0.15, 0.2) is 42.6 Å². The van der Waals surface area contributed by atoms with Crippen molar-refractivity contribution in [3.8, 4) is 0 Å². The van der Waals surface area contributed by atoms with Crippen molar-refractivity contribution in [2.45, 2.75) is 18.8 Å². The third kappa shape index (κ3) is 2.41. The molecule has 22 heavy (non-hydrogen) atoms. The number of aromatic nitrogens is 2. The molecule has 3 heterocycles. The Balaban J connectivity index is 1.46. The number of hydrogen-bond acceptors (Lipinski definition) is 3. The van der Waals surface area contributed by atoms with E-state index in [1.54, 1.807) is 17.5 Å². The third-order valence-electron chi connectivity index (χ3n) is 4.27. The smallest absolute Gasteiger partial charge is 0.270 e. The van der Waals surface area contributed by atoms with Crippen LogP contribution in [0.25, 0.3) is 10.2 Å². The molecule has 0 atom stereocenters. The van der Waals surface area contributed by atoms with Gasteiger partial charge in [0.15, 0.2) is 0 Å². The summed E-state index contributed by atoms with van der Waals surface area (Å²) in [5.74, 6) is 0.581. The van der Waals surface area contributed by atoms with Crippen molar-refractivity contribution in [1.82, 2.24) is 14.9 Å². The number of amides is 1. The highest BCUT2D eigenvalue weighted by molar-refractivity contribution is 7.18. The van der Waals surface area contributed by atoms with Crippen molar-refractivity contribution in [2.75, 3.05) is 13.1 Å². The van der Waals surface area contributed by atoms with Gasteiger partial charge >= 0.3 is 0 Å². The number of carbonyl (C=O) groups excluding carboxylic acids is 1. The second-order valence-corrected chi connectivity index (χ2v) is 6.73. The molecule has 5 heteroatoms. The monoisotopic (exact) mass is 311 g/mol. The lowest BCUT2D eigenvalue weighted by molar-refractivity contribution is 0.0707. The van der Waals surface area contributed by atoms with E-state index in [-0.39, 0.29) is 5.91 Å². The first-order valence-corrected chi connectivity index (χ1v) is 8.41. The molecule has 0 radical (unpaired) electrons. The van der Waals surface area contributed by atoms with Crippen molar-refractivity contribution >= 4 is 27.5 Å². The Hall–Kier alpha value is -2.14. The highest BCUT2D eigenvalue weighted by Gasteiger charge is 2.26. The van der Waals surface area contributed by atoms with Gasteiger partial charge in [0, 0.05) is 25.2 Å². The largest absolute Gasteiger partial charge is 0.357 e. The molecule has 1 aromatic carbocycles. The highest BCUT2D eigenvalue weighted by atomic mass is 32.1. The maximum Gasteiger partial charge on any atom is 0.270 e. The van der Waals surface area contributed by atoms with Crippen LogP contribution in [0, 0.1) is 0 Å². The van der Waals surface area contributed by atoms with Crippen molar-refractivity contribution < 1.29 is 4.79 Å². The Morgan fingerprint density at radius 1 is 1.18 bits per heavy atom. The quantitative estimate of drug-likeness (QED) is 0.785. The van der Waals surface area contributed by atoms with E-state index in [9.17, 15) is 4.79 Å². The molecule has 1 amide bonds. The predicted octanol–water partition coefficient (Wildman–Crippen LogP) is 3.64. The topological polar surface area (TPSA) is 49.0 Å². The molecule has 0 saturated carbocycles. The van der Waals surface area contributed by atoms with Crippen molar-refractivity contribution in [3.63, 3.8) is 0 Å². The molecular formula is C17H17N3OS. The highest BCUT2D eigenvalue weighted by Crippen LogP contribution is 2.33. The lowest BCUT2D eigenvalue weighted by Crippen LogP contribution is -2.38. The van der Waals surface area contributed by atoms with Crippen LogP contribution in [0.4, 0.5) is 0 Å². The molecular weight excluding hydrogens is 294 g/mol. The van der Waals surface area contributed by atoms with Gasteiger partial charge in [0.05, 0.1) is 15.2 Å². The first-order valence-electron chi connectivity index (χ1n) is 7.59. The second-order valence-electron chi connectivity index (χ2n) is 5.67. The van der Waals surface area contributed by atoms with E-state index in [1.165, 1.54) is 9.71 Å². The first kappa shape index (κ1) is 13.5. The standard InChI is InChI=1S/C17H17N3OS/c21-17(14-5-3-9-18-14)20-10-7-12(8-11-20)16-19-13-4-1-2-6-15(13)22-16/h1-6,9,12,18H,7-8,10-11H2. The van der Waals surface area contributed by atoms with Crippen LogP contribution in [0.5, 0.6) is 0 Å². The lowest BCUT2D eigenvalue weighted by atomic mass is 9.97. The van der Waals surface area contributed by atoms with Gasteiger partial charge in [-0.3, -0.25) is 4.79 Å². The molecule has 1 saturated heterocycles. The molecule has 1 aliphatic heterocycles. The normalized spacial score (nSPS) is 16.3. The first-order chi connectivity index (χ1) is 10.8. The number of thiazole rings is 1. The Morgan fingerprint density at radius 3 is 2.73 bits per heavy atom. The molecule has 0 aliphatic carbocycles. The fourth-order valence-corrected chi connectivity index (χ4v) is 4.16. The summed E-state index contributed by atoms with van der Waals surface area (Å²) in [4.78, 5) is 22.0. The number of para-hydroxylation sites is 1. The van der Waals surface area contributed by atoms with Gasteiger partial charge in [-0.25, -0.2) is 4.98 Å². The summed E-state index contributed by atoms with van der Waals surface area (Å²) in [6.45, 7) is 1.61. The van der Waals surface area contributed by atoms with Gasteiger partial charge in [0.25, 0.3) is 5.91 Å². The number of nitrogens with one attached hydrogen (secondary N) is 1. The molecule has 0 unspecified atom stereocenters. The maximum absolute atomic E-state index is 12.3. The van der Waals surface area contributed by atoms with Gasteiger partial charge in [0.2, 0.25) is 0 Å². The SMILES string of the molecule is O=C(c1ccc[nH]1)N1CCC(c2nc3ccccc3s2)CC1. The van der Waals surface area contributed by atoms with Crippen LogP contribution >= 0.6 is 11.3 Å². The van der Waals surface area contributed by atoms with Crippen LogP contribution in [-0.2, 0) is 0 Å². The zero-order valence-electron chi connectivity index (χ0n) is 12.2. The molecule has 1 N–H and O–H groups in total. The zero-order valence-corrected chi connectivity index (χ0v) is 13.0. The van der Waals surface area contributed by atoms with E-state index in [0.29, 0.717) is 11.6 Å². The van der Waals surface area contributed by atoms with Gasteiger partial charge in [-0.2, -0.15) is 0 Å². The number of piperidine rings is 1. The minimum Gasteiger partial charge on any atom is -0.357 e. The number of rotatable bonds is 2. The summed E-state index contributed by atoms with van der Waals surface area (Å²) < 4.78 is 1.25. The van der Waals surface area contributed by atoms with E-state index in [4.69, 9.17) is 4.98 Å². The lowest BCUT2D eigenvalue weighted by Gasteiger charge is -2.30. The summed E-state index contributed by atoms with van der Waals surface area (Å²) >= 11 is 1.79. The summed E-state index contributed by atoms with van der Waals surface area (Å²) in [6.07, 6.45) is 3.78. The number of likely N-dealkylation sites (tertiary alicyclic amines) is 1. The average Bonchev–Trinajstić information content (AvgIpc) is 3.23. The number of fused-ring (bicyclic) bond motifs is 1. The van der Waals surface area contributed by atoms with Crippen LogP contribution in [0.3, 0.4) is 0 Å². The molecule has 1 aliphatic rings. The van der Waals surface area contributed by atoms with Gasteiger partial charge in [-0.1, -0.05) is 12.1 Å². The Bertz CT molecular complexity index is 752. The second kappa shape index (κ2) is 5.57. The number of nitrogens with zero attached hydrogens (tertiary/aromatic N) is 2. The average molecular weight is 311 g/mol. The molecule has 3 aromatic rings. The number of hydrogen-bond donors (Lipinski definition) is 1. The minimum absolute atomic E-state index is 0.104. The van der Waals surface area contributed by atoms with Gasteiger partial charge in [-0.15, -0.1) is 11.3 Å². The predicted molar refractivity (Wildman–Crippen MR) is 88.3 cm³/mol. The minimum atomic E-state index is 0.104. The molecule has 4 rings (SSSR count). The summed E-state index contributed by atoms with van der Waals surface area (Å²) in [5.41, 5.74) is 1.77. The maximum atomic E-state index is 12.3. The molecule has 2 aromatic heterocycles. The Labute approximate surface area is 132 Å². The van der Waals surface area contributed by atoms with Gasteiger partial charge in [-0.05, 0) is 37.1 Å². The third-order valence-corrected chi connectivity index (χ3v) is 5.47. The van der Waals surface area contributed by atoms with Crippen molar-refractivity contribution in [3.05, 3.63) is 53.3 Å². The van der Waals surface area contributed by atoms with E-state index >= 15 is 0 Å². The Morgan fingerprint density at radius 2 is 2.00 bits per heavy atom. The molecule has 1 fully saturated rings.